The van der Waals surface area contributed by atoms with E-state index in [0.717, 1.165) is 24.3 Å². The Morgan fingerprint density at radius 3 is 2.74 bits per heavy atom. The van der Waals surface area contributed by atoms with Crippen LogP contribution < -0.4 is 10.5 Å². The molecular formula is C14H18N4O3S2. The summed E-state index contributed by atoms with van der Waals surface area (Å²) in [6, 6.07) is 4.18. The molecule has 0 bridgehead atoms. The molecule has 0 radical (unpaired) electrons. The van der Waals surface area contributed by atoms with E-state index in [1.807, 2.05) is 0 Å². The van der Waals surface area contributed by atoms with Crippen molar-refractivity contribution in [2.24, 2.45) is 5.14 Å². The van der Waals surface area contributed by atoms with Crippen LogP contribution in [0.15, 0.2) is 23.1 Å². The van der Waals surface area contributed by atoms with E-state index in [1.54, 1.807) is 13.0 Å². The molecule has 1 aromatic heterocycles. The lowest BCUT2D eigenvalue weighted by molar-refractivity contribution is 0.102. The topological polar surface area (TPSA) is 115 Å². The van der Waals surface area contributed by atoms with Gasteiger partial charge in [-0.2, -0.15) is 0 Å². The summed E-state index contributed by atoms with van der Waals surface area (Å²) in [6.45, 7) is 3.81. The highest BCUT2D eigenvalue weighted by atomic mass is 32.2. The average Bonchev–Trinajstić information content (AvgIpc) is 2.91. The Labute approximate surface area is 139 Å². The summed E-state index contributed by atoms with van der Waals surface area (Å²) < 4.78 is 22.8. The van der Waals surface area contributed by atoms with Crippen LogP contribution in [-0.4, -0.2) is 24.5 Å². The van der Waals surface area contributed by atoms with Crippen molar-refractivity contribution in [3.63, 3.8) is 0 Å². The summed E-state index contributed by atoms with van der Waals surface area (Å²) in [7, 11) is -3.86. The summed E-state index contributed by atoms with van der Waals surface area (Å²) in [5.41, 5.74) is 0.882. The largest absolute Gasteiger partial charge is 0.296 e. The van der Waals surface area contributed by atoms with Crippen LogP contribution in [0.2, 0.25) is 0 Å². The van der Waals surface area contributed by atoms with E-state index in [-0.39, 0.29) is 10.5 Å². The standard InChI is InChI=1S/C14H18N4O3S2/c1-3-4-5-12-17-18-14(22-12)16-13(19)11-8-10(23(15,20)21)7-6-9(11)2/h6-8H,3-5H2,1-2H3,(H2,15,20,21)(H,16,18,19). The average molecular weight is 354 g/mol. The molecular weight excluding hydrogens is 336 g/mol. The number of aromatic nitrogens is 2. The van der Waals surface area contributed by atoms with Gasteiger partial charge in [0.15, 0.2) is 0 Å². The van der Waals surface area contributed by atoms with E-state index in [9.17, 15) is 13.2 Å². The quantitative estimate of drug-likeness (QED) is 0.824. The lowest BCUT2D eigenvalue weighted by Crippen LogP contribution is -2.17. The van der Waals surface area contributed by atoms with Crippen molar-refractivity contribution in [1.29, 1.82) is 0 Å². The monoisotopic (exact) mass is 354 g/mol. The van der Waals surface area contributed by atoms with Crippen molar-refractivity contribution in [3.8, 4) is 0 Å². The first-order valence-electron chi connectivity index (χ1n) is 7.08. The molecule has 2 rings (SSSR count). The fourth-order valence-electron chi connectivity index (χ4n) is 1.92. The maximum Gasteiger partial charge on any atom is 0.257 e. The number of benzene rings is 1. The van der Waals surface area contributed by atoms with Crippen LogP contribution in [0.1, 0.15) is 40.7 Å². The van der Waals surface area contributed by atoms with Gasteiger partial charge in [0.2, 0.25) is 15.2 Å². The van der Waals surface area contributed by atoms with Crippen LogP contribution in [0.3, 0.4) is 0 Å². The van der Waals surface area contributed by atoms with Crippen LogP contribution >= 0.6 is 11.3 Å². The lowest BCUT2D eigenvalue weighted by atomic mass is 10.1. The van der Waals surface area contributed by atoms with Gasteiger partial charge >= 0.3 is 0 Å². The number of unbranched alkanes of at least 4 members (excludes halogenated alkanes) is 1. The highest BCUT2D eigenvalue weighted by molar-refractivity contribution is 7.89. The van der Waals surface area contributed by atoms with Crippen molar-refractivity contribution in [2.75, 3.05) is 5.32 Å². The van der Waals surface area contributed by atoms with Crippen LogP contribution in [0.4, 0.5) is 5.13 Å². The second kappa shape index (κ2) is 7.16. The zero-order chi connectivity index (χ0) is 17.0. The summed E-state index contributed by atoms with van der Waals surface area (Å²) in [5, 5.41) is 16.9. The van der Waals surface area contributed by atoms with Crippen molar-refractivity contribution in [1.82, 2.24) is 10.2 Å². The molecule has 0 aliphatic rings. The van der Waals surface area contributed by atoms with Gasteiger partial charge in [-0.3, -0.25) is 10.1 Å². The normalized spacial score (nSPS) is 11.4. The number of anilines is 1. The summed E-state index contributed by atoms with van der Waals surface area (Å²) >= 11 is 1.31. The Kier molecular flexibility index (Phi) is 5.45. The number of amides is 1. The number of carbonyl (C=O) groups excluding carboxylic acids is 1. The van der Waals surface area contributed by atoms with E-state index in [2.05, 4.69) is 22.4 Å². The number of nitrogens with one attached hydrogen (secondary N) is 1. The van der Waals surface area contributed by atoms with E-state index in [4.69, 9.17) is 5.14 Å². The number of rotatable bonds is 6. The van der Waals surface area contributed by atoms with E-state index >= 15 is 0 Å². The Balaban J connectivity index is 2.19. The molecule has 0 aliphatic carbocycles. The zero-order valence-corrected chi connectivity index (χ0v) is 14.5. The van der Waals surface area contributed by atoms with Gasteiger partial charge in [-0.25, -0.2) is 13.6 Å². The lowest BCUT2D eigenvalue weighted by Gasteiger charge is -2.07. The maximum atomic E-state index is 12.3. The van der Waals surface area contributed by atoms with Crippen molar-refractivity contribution in [2.45, 2.75) is 38.0 Å². The first-order valence-corrected chi connectivity index (χ1v) is 9.44. The Morgan fingerprint density at radius 1 is 1.35 bits per heavy atom. The van der Waals surface area contributed by atoms with Gasteiger partial charge in [0.05, 0.1) is 4.90 Å². The van der Waals surface area contributed by atoms with Gasteiger partial charge < -0.3 is 0 Å². The number of nitrogens with zero attached hydrogens (tertiary/aromatic N) is 2. The molecule has 3 N–H and O–H groups in total. The molecule has 0 saturated heterocycles. The molecule has 23 heavy (non-hydrogen) atoms. The molecule has 2 aromatic rings. The fraction of sp³-hybridized carbons (Fsp3) is 0.357. The zero-order valence-electron chi connectivity index (χ0n) is 12.9. The number of hydrogen-bond donors (Lipinski definition) is 2. The van der Waals surface area contributed by atoms with Crippen molar-refractivity contribution >= 4 is 32.4 Å². The molecule has 0 spiro atoms. The van der Waals surface area contributed by atoms with Gasteiger partial charge in [-0.1, -0.05) is 30.7 Å². The molecule has 7 nitrogen and oxygen atoms in total. The van der Waals surface area contributed by atoms with Gasteiger partial charge in [0.25, 0.3) is 5.91 Å². The Bertz CT molecular complexity index is 815. The molecule has 9 heteroatoms. The van der Waals surface area contributed by atoms with Gasteiger partial charge in [0, 0.05) is 12.0 Å². The van der Waals surface area contributed by atoms with Gasteiger partial charge in [0.1, 0.15) is 5.01 Å². The SMILES string of the molecule is CCCCc1nnc(NC(=O)c2cc(S(N)(=O)=O)ccc2C)s1. The van der Waals surface area contributed by atoms with E-state index in [1.165, 1.54) is 23.5 Å². The predicted octanol–water partition coefficient (Wildman–Crippen LogP) is 2.09. The minimum Gasteiger partial charge on any atom is -0.296 e. The first-order chi connectivity index (χ1) is 10.8. The molecule has 0 aliphatic heterocycles. The first kappa shape index (κ1) is 17.5. The smallest absolute Gasteiger partial charge is 0.257 e. The maximum absolute atomic E-state index is 12.3. The number of carbonyl (C=O) groups is 1. The number of aryl methyl sites for hydroxylation is 2. The fourth-order valence-corrected chi connectivity index (χ4v) is 3.24. The molecule has 0 atom stereocenters. The predicted molar refractivity (Wildman–Crippen MR) is 89.0 cm³/mol. The van der Waals surface area contributed by atoms with Crippen LogP contribution in [0.5, 0.6) is 0 Å². The number of hydrogen-bond acceptors (Lipinski definition) is 6. The highest BCUT2D eigenvalue weighted by Crippen LogP contribution is 2.20. The summed E-state index contributed by atoms with van der Waals surface area (Å²) in [4.78, 5) is 12.2. The molecule has 0 unspecified atom stereocenters. The minimum atomic E-state index is -3.86. The third-order valence-electron chi connectivity index (χ3n) is 3.21. The molecule has 1 heterocycles. The number of sulfonamides is 1. The van der Waals surface area contributed by atoms with Crippen LogP contribution in [0, 0.1) is 6.92 Å². The third-order valence-corrected chi connectivity index (χ3v) is 5.02. The van der Waals surface area contributed by atoms with Crippen LogP contribution in [-0.2, 0) is 16.4 Å². The Morgan fingerprint density at radius 2 is 2.09 bits per heavy atom. The Hall–Kier alpha value is -1.84. The second-order valence-electron chi connectivity index (χ2n) is 5.08. The van der Waals surface area contributed by atoms with E-state index < -0.39 is 15.9 Å². The molecule has 124 valence electrons. The molecule has 0 fully saturated rings. The third kappa shape index (κ3) is 4.57. The minimum absolute atomic E-state index is 0.103. The van der Waals surface area contributed by atoms with E-state index in [0.29, 0.717) is 10.7 Å². The molecule has 0 saturated carbocycles. The van der Waals surface area contributed by atoms with Crippen molar-refractivity contribution < 1.29 is 13.2 Å². The van der Waals surface area contributed by atoms with Gasteiger partial charge in [-0.15, -0.1) is 10.2 Å². The molecule has 1 aromatic carbocycles. The second-order valence-corrected chi connectivity index (χ2v) is 7.70. The molecule has 1 amide bonds. The number of primary sulfonamides is 1. The highest BCUT2D eigenvalue weighted by Gasteiger charge is 2.16. The van der Waals surface area contributed by atoms with Gasteiger partial charge in [-0.05, 0) is 31.0 Å². The summed E-state index contributed by atoms with van der Waals surface area (Å²) in [5.74, 6) is -0.439. The van der Waals surface area contributed by atoms with Crippen molar-refractivity contribution in [3.05, 3.63) is 34.3 Å². The number of nitrogens with two attached hydrogens (primary N) is 1. The van der Waals surface area contributed by atoms with Crippen LogP contribution in [0.25, 0.3) is 0 Å². The summed E-state index contributed by atoms with van der Waals surface area (Å²) in [6.07, 6.45) is 2.89.